The summed E-state index contributed by atoms with van der Waals surface area (Å²) in [5.74, 6) is 0.565. The molecule has 0 heterocycles. The van der Waals surface area contributed by atoms with Gasteiger partial charge >= 0.3 is 0 Å². The van der Waals surface area contributed by atoms with Crippen LogP contribution in [0.5, 0.6) is 0 Å². The molecule has 0 aromatic rings. The lowest BCUT2D eigenvalue weighted by Gasteiger charge is -2.33. The maximum absolute atomic E-state index is 12.6. The zero-order valence-electron chi connectivity index (χ0n) is 10.8. The molecule has 0 spiro atoms. The second kappa shape index (κ2) is 6.81. The Morgan fingerprint density at radius 1 is 1.40 bits per heavy atom. The molecule has 0 saturated carbocycles. The highest BCUT2D eigenvalue weighted by molar-refractivity contribution is 5.04. The molecule has 1 unspecified atom stereocenters. The average molecular weight is 212 g/mol. The van der Waals surface area contributed by atoms with Gasteiger partial charge in [-0.05, 0) is 43.1 Å². The van der Waals surface area contributed by atoms with Crippen LogP contribution in [-0.2, 0) is 0 Å². The fourth-order valence-corrected chi connectivity index (χ4v) is 1.66. The van der Waals surface area contributed by atoms with Crippen molar-refractivity contribution in [1.82, 2.24) is 0 Å². The average Bonchev–Trinajstić information content (AvgIpc) is 2.22. The van der Waals surface area contributed by atoms with E-state index in [-0.39, 0.29) is 5.41 Å². The van der Waals surface area contributed by atoms with Crippen LogP contribution in [0.15, 0.2) is 24.1 Å². The fraction of sp³-hybridized carbons (Fsp3) is 0.714. The Labute approximate surface area is 94.3 Å². The number of hydrogen-bond donors (Lipinski definition) is 0. The highest BCUT2D eigenvalue weighted by atomic mass is 19.1. The summed E-state index contributed by atoms with van der Waals surface area (Å²) in [5.41, 5.74) is 1.11. The Morgan fingerprint density at radius 2 is 2.00 bits per heavy atom. The summed E-state index contributed by atoms with van der Waals surface area (Å²) in [6.45, 7) is 10.7. The van der Waals surface area contributed by atoms with Crippen molar-refractivity contribution in [2.24, 2.45) is 11.3 Å². The zero-order chi connectivity index (χ0) is 11.9. The number of hydrogen-bond acceptors (Lipinski definition) is 0. The zero-order valence-corrected chi connectivity index (χ0v) is 10.8. The Hall–Kier alpha value is -0.590. The Bertz CT molecular complexity index is 225. The van der Waals surface area contributed by atoms with E-state index in [1.165, 1.54) is 0 Å². The molecule has 0 saturated heterocycles. The molecule has 0 nitrogen and oxygen atoms in total. The first kappa shape index (κ1) is 14.4. The van der Waals surface area contributed by atoms with Crippen molar-refractivity contribution in [1.29, 1.82) is 0 Å². The highest BCUT2D eigenvalue weighted by Crippen LogP contribution is 2.38. The largest absolute Gasteiger partial charge is 0.216 e. The van der Waals surface area contributed by atoms with Crippen molar-refractivity contribution in [2.45, 2.75) is 53.9 Å². The van der Waals surface area contributed by atoms with Crippen LogP contribution in [-0.4, -0.2) is 0 Å². The van der Waals surface area contributed by atoms with Gasteiger partial charge in [0.2, 0.25) is 0 Å². The summed E-state index contributed by atoms with van der Waals surface area (Å²) in [6.07, 6.45) is 7.75. The molecule has 0 aliphatic carbocycles. The van der Waals surface area contributed by atoms with Crippen LogP contribution in [0, 0.1) is 11.3 Å². The van der Waals surface area contributed by atoms with E-state index in [1.807, 2.05) is 13.8 Å². The third-order valence-corrected chi connectivity index (χ3v) is 3.45. The summed E-state index contributed by atoms with van der Waals surface area (Å²) in [6, 6.07) is 0. The van der Waals surface area contributed by atoms with E-state index in [9.17, 15) is 4.39 Å². The molecular formula is C14H25F. The van der Waals surface area contributed by atoms with Crippen molar-refractivity contribution in [3.05, 3.63) is 24.1 Å². The van der Waals surface area contributed by atoms with Crippen LogP contribution in [0.3, 0.4) is 0 Å². The van der Waals surface area contributed by atoms with E-state index < -0.39 is 0 Å². The summed E-state index contributed by atoms with van der Waals surface area (Å²) < 4.78 is 12.6. The van der Waals surface area contributed by atoms with Gasteiger partial charge in [0, 0.05) is 0 Å². The molecule has 1 heteroatoms. The van der Waals surface area contributed by atoms with Gasteiger partial charge in [0.15, 0.2) is 0 Å². The second-order valence-corrected chi connectivity index (χ2v) is 4.88. The number of rotatable bonds is 6. The first-order valence-electron chi connectivity index (χ1n) is 5.89. The summed E-state index contributed by atoms with van der Waals surface area (Å²) in [7, 11) is 0. The Balaban J connectivity index is 4.64. The third-order valence-electron chi connectivity index (χ3n) is 3.45. The molecule has 0 aromatic heterocycles. The summed E-state index contributed by atoms with van der Waals surface area (Å²) >= 11 is 0. The van der Waals surface area contributed by atoms with E-state index in [0.717, 1.165) is 31.2 Å². The lowest BCUT2D eigenvalue weighted by Crippen LogP contribution is -2.23. The number of halogens is 1. The molecule has 0 N–H and O–H groups in total. The fourth-order valence-electron chi connectivity index (χ4n) is 1.66. The first-order chi connectivity index (χ1) is 7.00. The van der Waals surface area contributed by atoms with Crippen molar-refractivity contribution < 1.29 is 4.39 Å². The van der Waals surface area contributed by atoms with Gasteiger partial charge < -0.3 is 0 Å². The van der Waals surface area contributed by atoms with Gasteiger partial charge in [-0.15, -0.1) is 0 Å². The lowest BCUT2D eigenvalue weighted by molar-refractivity contribution is 0.216. The monoisotopic (exact) mass is 212 g/mol. The molecule has 0 aliphatic rings. The SMILES string of the molecule is C/C=C\CC(C)(C/C(=C\F)CC)C(C)C. The van der Waals surface area contributed by atoms with E-state index in [4.69, 9.17) is 0 Å². The van der Waals surface area contributed by atoms with Crippen LogP contribution in [0.2, 0.25) is 0 Å². The molecule has 0 fully saturated rings. The van der Waals surface area contributed by atoms with E-state index in [2.05, 4.69) is 32.9 Å². The smallest absolute Gasteiger partial charge is 0.0859 e. The first-order valence-corrected chi connectivity index (χ1v) is 5.89. The van der Waals surface area contributed by atoms with Gasteiger partial charge in [-0.3, -0.25) is 0 Å². The minimum atomic E-state index is 0.181. The summed E-state index contributed by atoms with van der Waals surface area (Å²) in [4.78, 5) is 0. The van der Waals surface area contributed by atoms with Gasteiger partial charge in [-0.25, -0.2) is 4.39 Å². The predicted octanol–water partition coefficient (Wildman–Crippen LogP) is 5.27. The molecule has 0 amide bonds. The second-order valence-electron chi connectivity index (χ2n) is 4.88. The maximum atomic E-state index is 12.6. The molecule has 0 radical (unpaired) electrons. The molecule has 0 aliphatic heterocycles. The van der Waals surface area contributed by atoms with Crippen LogP contribution < -0.4 is 0 Å². The molecule has 0 bridgehead atoms. The van der Waals surface area contributed by atoms with Gasteiger partial charge in [-0.1, -0.05) is 39.8 Å². The van der Waals surface area contributed by atoms with Crippen LogP contribution >= 0.6 is 0 Å². The standard InChI is InChI=1S/C14H25F/c1-6-8-9-14(5,12(3)4)10-13(7-2)11-15/h6,8,11-12H,7,9-10H2,1-5H3/b8-6-,13-11-. The van der Waals surface area contributed by atoms with Gasteiger partial charge in [-0.2, -0.15) is 0 Å². The maximum Gasteiger partial charge on any atom is 0.0859 e. The van der Waals surface area contributed by atoms with E-state index in [1.54, 1.807) is 0 Å². The van der Waals surface area contributed by atoms with Crippen molar-refractivity contribution in [3.63, 3.8) is 0 Å². The normalized spacial score (nSPS) is 17.4. The molecule has 0 aromatic carbocycles. The molecule has 88 valence electrons. The van der Waals surface area contributed by atoms with Gasteiger partial charge in [0.1, 0.15) is 0 Å². The van der Waals surface area contributed by atoms with Gasteiger partial charge in [0.05, 0.1) is 6.33 Å². The molecule has 0 rings (SSSR count). The van der Waals surface area contributed by atoms with E-state index >= 15 is 0 Å². The van der Waals surface area contributed by atoms with Crippen LogP contribution in [0.25, 0.3) is 0 Å². The van der Waals surface area contributed by atoms with Crippen molar-refractivity contribution in [3.8, 4) is 0 Å². The minimum absolute atomic E-state index is 0.181. The Kier molecular flexibility index (Phi) is 6.55. The Morgan fingerprint density at radius 3 is 2.33 bits per heavy atom. The molecule has 15 heavy (non-hydrogen) atoms. The third kappa shape index (κ3) is 4.63. The predicted molar refractivity (Wildman–Crippen MR) is 66.5 cm³/mol. The van der Waals surface area contributed by atoms with Crippen LogP contribution in [0.4, 0.5) is 4.39 Å². The van der Waals surface area contributed by atoms with Crippen LogP contribution in [0.1, 0.15) is 53.9 Å². The minimum Gasteiger partial charge on any atom is -0.216 e. The topological polar surface area (TPSA) is 0 Å². The van der Waals surface area contributed by atoms with E-state index in [0.29, 0.717) is 5.92 Å². The van der Waals surface area contributed by atoms with Crippen molar-refractivity contribution >= 4 is 0 Å². The lowest BCUT2D eigenvalue weighted by atomic mass is 9.71. The quantitative estimate of drug-likeness (QED) is 0.526. The molecule has 1 atom stereocenters. The number of allylic oxidation sites excluding steroid dienone is 3. The molecular weight excluding hydrogens is 187 g/mol. The van der Waals surface area contributed by atoms with Crippen molar-refractivity contribution in [2.75, 3.05) is 0 Å². The summed E-state index contributed by atoms with van der Waals surface area (Å²) in [5, 5.41) is 0. The highest BCUT2D eigenvalue weighted by Gasteiger charge is 2.27. The van der Waals surface area contributed by atoms with Gasteiger partial charge in [0.25, 0.3) is 0 Å².